The van der Waals surface area contributed by atoms with Crippen molar-refractivity contribution in [1.29, 1.82) is 0 Å². The Hall–Kier alpha value is -2.08. The molecule has 0 aromatic heterocycles. The molecule has 7 heteroatoms. The molecule has 1 fully saturated rings. The number of rotatable bonds is 8. The largest absolute Gasteiger partial charge is 0.454 e. The Balaban J connectivity index is 1.91. The summed E-state index contributed by atoms with van der Waals surface area (Å²) in [6, 6.07) is 5.75. The summed E-state index contributed by atoms with van der Waals surface area (Å²) < 4.78 is 5.17. The first-order valence-electron chi connectivity index (χ1n) is 9.43. The van der Waals surface area contributed by atoms with Crippen molar-refractivity contribution in [3.05, 3.63) is 34.9 Å². The molecule has 2 atom stereocenters. The van der Waals surface area contributed by atoms with E-state index in [1.807, 2.05) is 13.8 Å². The van der Waals surface area contributed by atoms with Gasteiger partial charge in [-0.3, -0.25) is 9.59 Å². The van der Waals surface area contributed by atoms with Gasteiger partial charge < -0.3 is 15.4 Å². The molecule has 0 spiro atoms. The van der Waals surface area contributed by atoms with E-state index >= 15 is 0 Å². The van der Waals surface area contributed by atoms with Gasteiger partial charge in [-0.25, -0.2) is 4.79 Å². The van der Waals surface area contributed by atoms with Gasteiger partial charge in [0.1, 0.15) is 6.04 Å². The molecule has 148 valence electrons. The highest BCUT2D eigenvalue weighted by molar-refractivity contribution is 6.30. The van der Waals surface area contributed by atoms with Crippen LogP contribution >= 0.6 is 11.6 Å². The van der Waals surface area contributed by atoms with E-state index in [9.17, 15) is 14.4 Å². The van der Waals surface area contributed by atoms with Gasteiger partial charge in [-0.15, -0.1) is 0 Å². The zero-order chi connectivity index (χ0) is 19.8. The molecule has 1 saturated carbocycles. The lowest BCUT2D eigenvalue weighted by Gasteiger charge is -2.23. The van der Waals surface area contributed by atoms with Crippen molar-refractivity contribution < 1.29 is 19.1 Å². The summed E-state index contributed by atoms with van der Waals surface area (Å²) >= 11 is 5.83. The van der Waals surface area contributed by atoms with Crippen LogP contribution in [0.25, 0.3) is 0 Å². The van der Waals surface area contributed by atoms with Crippen molar-refractivity contribution in [3.8, 4) is 0 Å². The molecule has 2 rings (SSSR count). The molecule has 2 N–H and O–H groups in total. The van der Waals surface area contributed by atoms with E-state index in [0.29, 0.717) is 17.0 Å². The summed E-state index contributed by atoms with van der Waals surface area (Å²) in [6.07, 6.45) is 4.82. The Kier molecular flexibility index (Phi) is 8.10. The van der Waals surface area contributed by atoms with E-state index < -0.39 is 12.0 Å². The second kappa shape index (κ2) is 10.3. The Bertz CT molecular complexity index is 656. The van der Waals surface area contributed by atoms with Gasteiger partial charge in [0.15, 0.2) is 6.61 Å². The summed E-state index contributed by atoms with van der Waals surface area (Å²) in [5, 5.41) is 6.11. The number of halogens is 1. The van der Waals surface area contributed by atoms with Crippen LogP contribution in [0.3, 0.4) is 0 Å². The predicted molar refractivity (Wildman–Crippen MR) is 104 cm³/mol. The minimum Gasteiger partial charge on any atom is -0.454 e. The van der Waals surface area contributed by atoms with Crippen molar-refractivity contribution in [2.24, 2.45) is 5.92 Å². The molecule has 1 aromatic rings. The Morgan fingerprint density at radius 1 is 1.19 bits per heavy atom. The number of carbonyl (C=O) groups is 3. The fourth-order valence-electron chi connectivity index (χ4n) is 3.06. The minimum absolute atomic E-state index is 0.133. The van der Waals surface area contributed by atoms with E-state index in [1.165, 1.54) is 0 Å². The maximum Gasteiger partial charge on any atom is 0.329 e. The second-order valence-corrected chi connectivity index (χ2v) is 7.44. The van der Waals surface area contributed by atoms with E-state index in [2.05, 4.69) is 10.6 Å². The summed E-state index contributed by atoms with van der Waals surface area (Å²) in [7, 11) is 0. The zero-order valence-corrected chi connectivity index (χ0v) is 16.6. The molecule has 1 aromatic carbocycles. The van der Waals surface area contributed by atoms with Crippen molar-refractivity contribution in [2.45, 2.75) is 58.0 Å². The van der Waals surface area contributed by atoms with E-state index in [0.717, 1.165) is 25.7 Å². The highest BCUT2D eigenvalue weighted by atomic mass is 35.5. The van der Waals surface area contributed by atoms with Crippen molar-refractivity contribution in [2.75, 3.05) is 6.61 Å². The number of nitrogens with one attached hydrogen (secondary N) is 2. The molecule has 0 radical (unpaired) electrons. The molecule has 1 aliphatic carbocycles. The van der Waals surface area contributed by atoms with Crippen LogP contribution in [0.15, 0.2) is 24.3 Å². The van der Waals surface area contributed by atoms with Crippen LogP contribution in [0, 0.1) is 5.92 Å². The molecule has 0 aliphatic heterocycles. The van der Waals surface area contributed by atoms with E-state index in [4.69, 9.17) is 16.3 Å². The van der Waals surface area contributed by atoms with Crippen LogP contribution in [0.4, 0.5) is 0 Å². The number of benzene rings is 1. The van der Waals surface area contributed by atoms with Crippen LogP contribution < -0.4 is 10.6 Å². The van der Waals surface area contributed by atoms with Gasteiger partial charge in [0.25, 0.3) is 11.8 Å². The fraction of sp³-hybridized carbons (Fsp3) is 0.550. The maximum absolute atomic E-state index is 12.5. The number of hydrogen-bond donors (Lipinski definition) is 2. The van der Waals surface area contributed by atoms with Crippen LogP contribution in [0.2, 0.25) is 5.02 Å². The molecule has 0 unspecified atom stereocenters. The van der Waals surface area contributed by atoms with Crippen LogP contribution in [0.5, 0.6) is 0 Å². The highest BCUT2D eigenvalue weighted by Crippen LogP contribution is 2.17. The lowest BCUT2D eigenvalue weighted by Crippen LogP contribution is -2.47. The first-order chi connectivity index (χ1) is 12.9. The maximum atomic E-state index is 12.5. The molecule has 6 nitrogen and oxygen atoms in total. The molecule has 2 amide bonds. The molecular formula is C20H27ClN2O4. The third kappa shape index (κ3) is 6.54. The monoisotopic (exact) mass is 394 g/mol. The number of ether oxygens (including phenoxy) is 1. The highest BCUT2D eigenvalue weighted by Gasteiger charge is 2.28. The van der Waals surface area contributed by atoms with Gasteiger partial charge in [-0.05, 0) is 43.0 Å². The topological polar surface area (TPSA) is 84.5 Å². The molecule has 0 saturated heterocycles. The summed E-state index contributed by atoms with van der Waals surface area (Å²) in [4.78, 5) is 36.8. The van der Waals surface area contributed by atoms with E-state index in [-0.39, 0.29) is 30.4 Å². The Morgan fingerprint density at radius 3 is 2.41 bits per heavy atom. The number of carbonyl (C=O) groups excluding carboxylic acids is 3. The molecule has 1 aliphatic rings. The smallest absolute Gasteiger partial charge is 0.329 e. The van der Waals surface area contributed by atoms with Gasteiger partial charge in [0.05, 0.1) is 0 Å². The molecule has 0 bridgehead atoms. The lowest BCUT2D eigenvalue weighted by molar-refractivity contribution is -0.151. The van der Waals surface area contributed by atoms with Crippen LogP contribution in [-0.2, 0) is 14.3 Å². The molecule has 27 heavy (non-hydrogen) atoms. The number of esters is 1. The van der Waals surface area contributed by atoms with Crippen molar-refractivity contribution in [3.63, 3.8) is 0 Å². The molecule has 0 heterocycles. The predicted octanol–water partition coefficient (Wildman–Crippen LogP) is 3.09. The SMILES string of the molecule is CC[C@H](C)[C@H](NC(=O)c1ccc(Cl)cc1)C(=O)OCC(=O)NC1CCCC1. The Labute approximate surface area is 165 Å². The fourth-order valence-corrected chi connectivity index (χ4v) is 3.19. The van der Waals surface area contributed by atoms with Crippen molar-refractivity contribution >= 4 is 29.4 Å². The third-order valence-corrected chi connectivity index (χ3v) is 5.18. The first kappa shape index (κ1) is 21.2. The number of hydrogen-bond acceptors (Lipinski definition) is 4. The zero-order valence-electron chi connectivity index (χ0n) is 15.8. The standard InChI is InChI=1S/C20H27ClN2O4/c1-3-13(2)18(23-19(25)14-8-10-15(21)11-9-14)20(26)27-12-17(24)22-16-6-4-5-7-16/h8-11,13,16,18H,3-7,12H2,1-2H3,(H,22,24)(H,23,25)/t13-,18-/m0/s1. The quantitative estimate of drug-likeness (QED) is 0.663. The van der Waals surface area contributed by atoms with Crippen LogP contribution in [-0.4, -0.2) is 36.5 Å². The second-order valence-electron chi connectivity index (χ2n) is 7.00. The average molecular weight is 395 g/mol. The summed E-state index contributed by atoms with van der Waals surface area (Å²) in [6.45, 7) is 3.44. The van der Waals surface area contributed by atoms with Gasteiger partial charge in [-0.1, -0.05) is 44.7 Å². The average Bonchev–Trinajstić information content (AvgIpc) is 3.16. The summed E-state index contributed by atoms with van der Waals surface area (Å²) in [5.41, 5.74) is 0.402. The number of amides is 2. The van der Waals surface area contributed by atoms with Gasteiger partial charge >= 0.3 is 5.97 Å². The van der Waals surface area contributed by atoms with Gasteiger partial charge in [0, 0.05) is 16.6 Å². The van der Waals surface area contributed by atoms with Crippen LogP contribution in [0.1, 0.15) is 56.3 Å². The van der Waals surface area contributed by atoms with E-state index in [1.54, 1.807) is 24.3 Å². The van der Waals surface area contributed by atoms with Crippen molar-refractivity contribution in [1.82, 2.24) is 10.6 Å². The molecular weight excluding hydrogens is 368 g/mol. The first-order valence-corrected chi connectivity index (χ1v) is 9.81. The third-order valence-electron chi connectivity index (χ3n) is 4.93. The lowest BCUT2D eigenvalue weighted by atomic mass is 9.99. The summed E-state index contributed by atoms with van der Waals surface area (Å²) in [5.74, 6) is -1.42. The minimum atomic E-state index is -0.822. The van der Waals surface area contributed by atoms with Gasteiger partial charge in [0.2, 0.25) is 0 Å². The Morgan fingerprint density at radius 2 is 1.81 bits per heavy atom. The van der Waals surface area contributed by atoms with Gasteiger partial charge in [-0.2, -0.15) is 0 Å². The normalized spacial score (nSPS) is 16.4.